The van der Waals surface area contributed by atoms with E-state index in [1.165, 1.54) is 0 Å². The number of carbonyl (C=O) groups is 2. The van der Waals surface area contributed by atoms with Gasteiger partial charge in [-0.3, -0.25) is 9.59 Å². The van der Waals surface area contributed by atoms with Gasteiger partial charge in [-0.05, 0) is 18.1 Å². The van der Waals surface area contributed by atoms with Gasteiger partial charge in [-0.15, -0.1) is 0 Å². The number of amides is 1. The zero-order chi connectivity index (χ0) is 9.26. The molecule has 2 rings (SSSR count). The van der Waals surface area contributed by atoms with Crippen LogP contribution in [0.2, 0.25) is 0 Å². The Bertz CT molecular complexity index is 371. The number of para-hydroxylation sites is 1. The molecule has 1 heterocycles. The van der Waals surface area contributed by atoms with E-state index in [0.29, 0.717) is 17.7 Å². The zero-order valence-electron chi connectivity index (χ0n) is 7.04. The lowest BCUT2D eigenvalue weighted by Gasteiger charge is -2.17. The van der Waals surface area contributed by atoms with Gasteiger partial charge >= 0.3 is 0 Å². The summed E-state index contributed by atoms with van der Waals surface area (Å²) in [5, 5.41) is 2.71. The van der Waals surface area contributed by atoms with Gasteiger partial charge in [0.15, 0.2) is 6.29 Å². The molecule has 0 atom stereocenters. The van der Waals surface area contributed by atoms with Crippen LogP contribution >= 0.6 is 0 Å². The molecule has 0 aromatic heterocycles. The average Bonchev–Trinajstić information content (AvgIpc) is 2.17. The van der Waals surface area contributed by atoms with Gasteiger partial charge in [0.1, 0.15) is 0 Å². The number of benzene rings is 1. The molecule has 1 aromatic rings. The first-order valence-electron chi connectivity index (χ1n) is 4.18. The average molecular weight is 175 g/mol. The maximum Gasteiger partial charge on any atom is 0.224 e. The minimum absolute atomic E-state index is 0.0122. The number of carbonyl (C=O) groups excluding carboxylic acids is 2. The molecule has 0 unspecified atom stereocenters. The van der Waals surface area contributed by atoms with E-state index in [2.05, 4.69) is 5.32 Å². The number of hydrogen-bond donors (Lipinski definition) is 1. The number of aldehydes is 1. The predicted molar refractivity (Wildman–Crippen MR) is 48.8 cm³/mol. The lowest BCUT2D eigenvalue weighted by Crippen LogP contribution is -2.20. The molecule has 66 valence electrons. The molecule has 3 nitrogen and oxygen atoms in total. The lowest BCUT2D eigenvalue weighted by atomic mass is 10.00. The van der Waals surface area contributed by atoms with Crippen LogP contribution in [0.15, 0.2) is 18.2 Å². The van der Waals surface area contributed by atoms with Gasteiger partial charge in [-0.25, -0.2) is 0 Å². The van der Waals surface area contributed by atoms with Crippen molar-refractivity contribution in [1.29, 1.82) is 0 Å². The number of anilines is 1. The third-order valence-electron chi connectivity index (χ3n) is 2.20. The molecule has 0 saturated carbocycles. The minimum atomic E-state index is -0.0122. The third kappa shape index (κ3) is 1.33. The summed E-state index contributed by atoms with van der Waals surface area (Å²) < 4.78 is 0. The molecule has 0 aliphatic carbocycles. The van der Waals surface area contributed by atoms with Crippen molar-refractivity contribution < 1.29 is 9.59 Å². The Labute approximate surface area is 75.8 Å². The van der Waals surface area contributed by atoms with E-state index >= 15 is 0 Å². The smallest absolute Gasteiger partial charge is 0.224 e. The Balaban J connectivity index is 2.52. The molecule has 1 amide bonds. The van der Waals surface area contributed by atoms with Crippen molar-refractivity contribution in [3.05, 3.63) is 29.3 Å². The van der Waals surface area contributed by atoms with Crippen LogP contribution in [0, 0.1) is 0 Å². The molecule has 1 aliphatic heterocycles. The highest BCUT2D eigenvalue weighted by atomic mass is 16.1. The normalized spacial score (nSPS) is 14.6. The summed E-state index contributed by atoms with van der Waals surface area (Å²) in [4.78, 5) is 21.7. The molecule has 13 heavy (non-hydrogen) atoms. The first-order valence-corrected chi connectivity index (χ1v) is 4.18. The van der Waals surface area contributed by atoms with Crippen LogP contribution in [-0.4, -0.2) is 12.2 Å². The number of fused-ring (bicyclic) bond motifs is 1. The Kier molecular flexibility index (Phi) is 1.85. The Morgan fingerprint density at radius 1 is 1.31 bits per heavy atom. The SMILES string of the molecule is O=Cc1cccc2c1NC(=O)CC2. The number of aryl methyl sites for hydroxylation is 1. The van der Waals surface area contributed by atoms with Gasteiger partial charge in [-0.2, -0.15) is 0 Å². The summed E-state index contributed by atoms with van der Waals surface area (Å²) in [5.74, 6) is -0.0122. The molecule has 1 N–H and O–H groups in total. The minimum Gasteiger partial charge on any atom is -0.325 e. The molecule has 0 radical (unpaired) electrons. The largest absolute Gasteiger partial charge is 0.325 e. The highest BCUT2D eigenvalue weighted by Crippen LogP contribution is 2.24. The summed E-state index contributed by atoms with van der Waals surface area (Å²) >= 11 is 0. The van der Waals surface area contributed by atoms with E-state index in [4.69, 9.17) is 0 Å². The van der Waals surface area contributed by atoms with Crippen molar-refractivity contribution in [2.75, 3.05) is 5.32 Å². The molecule has 0 bridgehead atoms. The van der Waals surface area contributed by atoms with Crippen LogP contribution in [0.5, 0.6) is 0 Å². The van der Waals surface area contributed by atoms with Crippen LogP contribution in [-0.2, 0) is 11.2 Å². The molecule has 3 heteroatoms. The molecule has 1 aromatic carbocycles. The van der Waals surface area contributed by atoms with Gasteiger partial charge in [0.25, 0.3) is 0 Å². The van der Waals surface area contributed by atoms with Gasteiger partial charge in [-0.1, -0.05) is 12.1 Å². The van der Waals surface area contributed by atoms with Crippen molar-refractivity contribution in [1.82, 2.24) is 0 Å². The van der Waals surface area contributed by atoms with Crippen molar-refractivity contribution in [2.24, 2.45) is 0 Å². The highest BCUT2D eigenvalue weighted by Gasteiger charge is 2.16. The van der Waals surface area contributed by atoms with Crippen molar-refractivity contribution in [3.63, 3.8) is 0 Å². The Morgan fingerprint density at radius 2 is 2.15 bits per heavy atom. The van der Waals surface area contributed by atoms with Gasteiger partial charge in [0.05, 0.1) is 5.69 Å². The zero-order valence-corrected chi connectivity index (χ0v) is 7.04. The van der Waals surface area contributed by atoms with E-state index in [1.807, 2.05) is 12.1 Å². The van der Waals surface area contributed by atoms with E-state index in [-0.39, 0.29) is 5.91 Å². The summed E-state index contributed by atoms with van der Waals surface area (Å²) in [6.45, 7) is 0. The number of nitrogens with one attached hydrogen (secondary N) is 1. The molecular formula is C10H9NO2. The second-order valence-corrected chi connectivity index (χ2v) is 3.05. The number of rotatable bonds is 1. The highest BCUT2D eigenvalue weighted by molar-refractivity contribution is 5.99. The molecule has 0 fully saturated rings. The Morgan fingerprint density at radius 3 is 2.92 bits per heavy atom. The molecule has 1 aliphatic rings. The summed E-state index contributed by atoms with van der Waals surface area (Å²) in [5.41, 5.74) is 2.29. The second-order valence-electron chi connectivity index (χ2n) is 3.05. The van der Waals surface area contributed by atoms with Gasteiger partial charge in [0.2, 0.25) is 5.91 Å². The lowest BCUT2D eigenvalue weighted by molar-refractivity contribution is -0.116. The fraction of sp³-hybridized carbons (Fsp3) is 0.200. The topological polar surface area (TPSA) is 46.2 Å². The van der Waals surface area contributed by atoms with E-state index in [0.717, 1.165) is 18.3 Å². The molecular weight excluding hydrogens is 166 g/mol. The van der Waals surface area contributed by atoms with Crippen LogP contribution in [0.3, 0.4) is 0 Å². The van der Waals surface area contributed by atoms with Crippen LogP contribution in [0.4, 0.5) is 5.69 Å². The van der Waals surface area contributed by atoms with E-state index in [1.54, 1.807) is 6.07 Å². The van der Waals surface area contributed by atoms with Crippen molar-refractivity contribution >= 4 is 17.9 Å². The van der Waals surface area contributed by atoms with Gasteiger partial charge < -0.3 is 5.32 Å². The maximum atomic E-state index is 11.1. The van der Waals surface area contributed by atoms with E-state index < -0.39 is 0 Å². The molecule has 0 spiro atoms. The molecule has 0 saturated heterocycles. The van der Waals surface area contributed by atoms with Crippen molar-refractivity contribution in [3.8, 4) is 0 Å². The van der Waals surface area contributed by atoms with Crippen LogP contribution in [0.1, 0.15) is 22.3 Å². The van der Waals surface area contributed by atoms with Crippen LogP contribution < -0.4 is 5.32 Å². The first kappa shape index (κ1) is 7.98. The van der Waals surface area contributed by atoms with Gasteiger partial charge in [0, 0.05) is 12.0 Å². The first-order chi connectivity index (χ1) is 6.31. The second kappa shape index (κ2) is 3.01. The monoisotopic (exact) mass is 175 g/mol. The Hall–Kier alpha value is -1.64. The fourth-order valence-corrected chi connectivity index (χ4v) is 1.53. The quantitative estimate of drug-likeness (QED) is 0.655. The summed E-state index contributed by atoms with van der Waals surface area (Å²) in [6, 6.07) is 5.47. The van der Waals surface area contributed by atoms with Crippen LogP contribution in [0.25, 0.3) is 0 Å². The van der Waals surface area contributed by atoms with Crippen molar-refractivity contribution in [2.45, 2.75) is 12.8 Å². The summed E-state index contributed by atoms with van der Waals surface area (Å²) in [7, 11) is 0. The maximum absolute atomic E-state index is 11.1. The predicted octanol–water partition coefficient (Wildman–Crippen LogP) is 1.38. The summed E-state index contributed by atoms with van der Waals surface area (Å²) in [6.07, 6.45) is 2.00. The third-order valence-corrected chi connectivity index (χ3v) is 2.20. The van der Waals surface area contributed by atoms with E-state index in [9.17, 15) is 9.59 Å². The number of hydrogen-bond acceptors (Lipinski definition) is 2. The standard InChI is InChI=1S/C10H9NO2/c12-6-8-3-1-2-7-4-5-9(13)11-10(7)8/h1-3,6H,4-5H2,(H,11,13). The fourth-order valence-electron chi connectivity index (χ4n) is 1.53.